The normalized spacial score (nSPS) is 10.2. The second-order valence-electron chi connectivity index (χ2n) is 4.20. The number of nitrogens with two attached hydrogens (primary N) is 1. The van der Waals surface area contributed by atoms with E-state index >= 15 is 0 Å². The molecule has 1 aromatic heterocycles. The summed E-state index contributed by atoms with van der Waals surface area (Å²) in [7, 11) is 1.54. The van der Waals surface area contributed by atoms with E-state index in [0.29, 0.717) is 5.82 Å². The van der Waals surface area contributed by atoms with Crippen molar-refractivity contribution in [1.82, 2.24) is 14.9 Å². The van der Waals surface area contributed by atoms with E-state index < -0.39 is 10.8 Å². The first kappa shape index (κ1) is 13.5. The number of aromatic amines is 1. The Bertz CT molecular complexity index is 639. The van der Waals surface area contributed by atoms with Gasteiger partial charge in [-0.05, 0) is 12.1 Å². The van der Waals surface area contributed by atoms with E-state index in [2.05, 4.69) is 9.97 Å². The molecule has 1 aromatic carbocycles. The van der Waals surface area contributed by atoms with E-state index in [9.17, 15) is 14.9 Å². The van der Waals surface area contributed by atoms with E-state index in [4.69, 9.17) is 5.73 Å². The Balaban J connectivity index is 2.29. The highest BCUT2D eigenvalue weighted by molar-refractivity contribution is 6.00. The number of para-hydroxylation sites is 1. The smallest absolute Gasteiger partial charge is 0.304 e. The molecule has 8 heteroatoms. The van der Waals surface area contributed by atoms with Crippen LogP contribution in [0.2, 0.25) is 0 Å². The minimum atomic E-state index is -0.650. The van der Waals surface area contributed by atoms with Crippen LogP contribution in [0, 0.1) is 10.1 Å². The average molecular weight is 275 g/mol. The highest BCUT2D eigenvalue weighted by atomic mass is 16.6. The number of carbonyl (C=O) groups is 1. The van der Waals surface area contributed by atoms with Crippen LogP contribution in [0.3, 0.4) is 0 Å². The van der Waals surface area contributed by atoms with Gasteiger partial charge in [0.2, 0.25) is 0 Å². The van der Waals surface area contributed by atoms with E-state index in [1.54, 1.807) is 12.4 Å². The molecule has 1 amide bonds. The number of anilines is 1. The lowest BCUT2D eigenvalue weighted by Gasteiger charge is -2.16. The molecule has 20 heavy (non-hydrogen) atoms. The fraction of sp³-hybridized carbons (Fsp3) is 0.167. The summed E-state index contributed by atoms with van der Waals surface area (Å²) in [6, 6.07) is 4.28. The minimum Gasteiger partial charge on any atom is -0.393 e. The molecule has 0 radical (unpaired) electrons. The second kappa shape index (κ2) is 5.39. The predicted octanol–water partition coefficient (Wildman–Crippen LogP) is 1.17. The van der Waals surface area contributed by atoms with Gasteiger partial charge in [-0.2, -0.15) is 0 Å². The molecule has 1 heterocycles. The molecular weight excluding hydrogens is 262 g/mol. The molecule has 2 aromatic rings. The largest absolute Gasteiger partial charge is 0.393 e. The Kier molecular flexibility index (Phi) is 3.65. The van der Waals surface area contributed by atoms with Gasteiger partial charge in [-0.1, -0.05) is 6.07 Å². The van der Waals surface area contributed by atoms with E-state index in [-0.39, 0.29) is 23.5 Å². The minimum absolute atomic E-state index is 0.0350. The number of nitro groups is 1. The van der Waals surface area contributed by atoms with E-state index in [1.807, 2.05) is 0 Å². The molecule has 104 valence electrons. The van der Waals surface area contributed by atoms with Gasteiger partial charge in [0.15, 0.2) is 0 Å². The second-order valence-corrected chi connectivity index (χ2v) is 4.20. The third-order valence-electron chi connectivity index (χ3n) is 2.77. The predicted molar refractivity (Wildman–Crippen MR) is 71.9 cm³/mol. The quantitative estimate of drug-likeness (QED) is 0.493. The summed E-state index contributed by atoms with van der Waals surface area (Å²) in [6.07, 6.45) is 3.20. The SMILES string of the molecule is CN(Cc1ncc[nH]1)C(=O)c1cccc(N)c1[N+](=O)[O-]. The Morgan fingerprint density at radius 2 is 2.30 bits per heavy atom. The number of nitrogens with one attached hydrogen (secondary N) is 1. The van der Waals surface area contributed by atoms with Crippen molar-refractivity contribution in [3.05, 3.63) is 52.1 Å². The first-order valence-corrected chi connectivity index (χ1v) is 5.77. The number of H-pyrrole nitrogens is 1. The number of nitro benzene ring substituents is 1. The third kappa shape index (κ3) is 2.58. The van der Waals surface area contributed by atoms with Gasteiger partial charge in [0.1, 0.15) is 17.1 Å². The monoisotopic (exact) mass is 275 g/mol. The standard InChI is InChI=1S/C12H13N5O3/c1-16(7-10-14-5-6-15-10)12(18)8-3-2-4-9(13)11(8)17(19)20/h2-6H,7,13H2,1H3,(H,14,15). The number of hydrogen-bond donors (Lipinski definition) is 2. The van der Waals surface area contributed by atoms with Crippen LogP contribution in [-0.4, -0.2) is 32.7 Å². The molecule has 0 bridgehead atoms. The molecule has 0 fully saturated rings. The Morgan fingerprint density at radius 1 is 1.55 bits per heavy atom. The van der Waals surface area contributed by atoms with Crippen LogP contribution in [0.4, 0.5) is 11.4 Å². The van der Waals surface area contributed by atoms with Crippen molar-refractivity contribution in [3.63, 3.8) is 0 Å². The Morgan fingerprint density at radius 3 is 2.90 bits per heavy atom. The number of benzene rings is 1. The average Bonchev–Trinajstić information content (AvgIpc) is 2.89. The molecule has 8 nitrogen and oxygen atoms in total. The van der Waals surface area contributed by atoms with E-state index in [0.717, 1.165) is 0 Å². The molecular formula is C12H13N5O3. The highest BCUT2D eigenvalue weighted by Crippen LogP contribution is 2.26. The molecule has 0 aliphatic heterocycles. The maximum atomic E-state index is 12.3. The molecule has 0 spiro atoms. The van der Waals surface area contributed by atoms with Crippen molar-refractivity contribution in [2.24, 2.45) is 0 Å². The molecule has 0 saturated heterocycles. The van der Waals surface area contributed by atoms with Gasteiger partial charge in [0, 0.05) is 19.4 Å². The molecule has 0 aliphatic carbocycles. The van der Waals surface area contributed by atoms with Gasteiger partial charge < -0.3 is 15.6 Å². The van der Waals surface area contributed by atoms with Crippen LogP contribution < -0.4 is 5.73 Å². The topological polar surface area (TPSA) is 118 Å². The van der Waals surface area contributed by atoms with Crippen LogP contribution in [0.1, 0.15) is 16.2 Å². The van der Waals surface area contributed by atoms with Gasteiger partial charge in [-0.25, -0.2) is 4.98 Å². The maximum absolute atomic E-state index is 12.3. The number of carbonyl (C=O) groups excluding carboxylic acids is 1. The zero-order valence-electron chi connectivity index (χ0n) is 10.7. The lowest BCUT2D eigenvalue weighted by atomic mass is 10.1. The summed E-state index contributed by atoms with van der Waals surface area (Å²) in [5.74, 6) is 0.104. The first-order chi connectivity index (χ1) is 9.50. The number of nitrogens with zero attached hydrogens (tertiary/aromatic N) is 3. The van der Waals surface area contributed by atoms with Gasteiger partial charge in [0.05, 0.1) is 11.5 Å². The number of hydrogen-bond acceptors (Lipinski definition) is 5. The van der Waals surface area contributed by atoms with Crippen molar-refractivity contribution in [2.75, 3.05) is 12.8 Å². The maximum Gasteiger partial charge on any atom is 0.304 e. The van der Waals surface area contributed by atoms with Crippen molar-refractivity contribution < 1.29 is 9.72 Å². The number of amides is 1. The third-order valence-corrected chi connectivity index (χ3v) is 2.77. The summed E-state index contributed by atoms with van der Waals surface area (Å²) in [4.78, 5) is 30.8. The van der Waals surface area contributed by atoms with Gasteiger partial charge in [-0.3, -0.25) is 14.9 Å². The van der Waals surface area contributed by atoms with E-state index in [1.165, 1.54) is 30.1 Å². The lowest BCUT2D eigenvalue weighted by Crippen LogP contribution is -2.27. The zero-order valence-corrected chi connectivity index (χ0v) is 10.7. The molecule has 0 atom stereocenters. The lowest BCUT2D eigenvalue weighted by molar-refractivity contribution is -0.384. The highest BCUT2D eigenvalue weighted by Gasteiger charge is 2.25. The van der Waals surface area contributed by atoms with Crippen LogP contribution in [-0.2, 0) is 6.54 Å². The number of aromatic nitrogens is 2. The molecule has 0 unspecified atom stereocenters. The molecule has 2 rings (SSSR count). The fourth-order valence-electron chi connectivity index (χ4n) is 1.82. The molecule has 0 saturated carbocycles. The van der Waals surface area contributed by atoms with Crippen LogP contribution in [0.5, 0.6) is 0 Å². The molecule has 3 N–H and O–H groups in total. The Hall–Kier alpha value is -2.90. The first-order valence-electron chi connectivity index (χ1n) is 5.77. The Labute approximate surface area is 114 Å². The zero-order chi connectivity index (χ0) is 14.7. The number of rotatable bonds is 4. The summed E-state index contributed by atoms with van der Waals surface area (Å²) in [6.45, 7) is 0.220. The van der Waals surface area contributed by atoms with Crippen LogP contribution >= 0.6 is 0 Å². The summed E-state index contributed by atoms with van der Waals surface area (Å²) >= 11 is 0. The van der Waals surface area contributed by atoms with Crippen molar-refractivity contribution in [1.29, 1.82) is 0 Å². The molecule has 0 aliphatic rings. The van der Waals surface area contributed by atoms with Gasteiger partial charge in [0.25, 0.3) is 5.91 Å². The van der Waals surface area contributed by atoms with Crippen molar-refractivity contribution in [3.8, 4) is 0 Å². The van der Waals surface area contributed by atoms with Gasteiger partial charge >= 0.3 is 5.69 Å². The van der Waals surface area contributed by atoms with Crippen LogP contribution in [0.25, 0.3) is 0 Å². The van der Waals surface area contributed by atoms with Crippen molar-refractivity contribution >= 4 is 17.3 Å². The summed E-state index contributed by atoms with van der Waals surface area (Å²) < 4.78 is 0. The fourth-order valence-corrected chi connectivity index (χ4v) is 1.82. The van der Waals surface area contributed by atoms with Gasteiger partial charge in [-0.15, -0.1) is 0 Å². The number of imidazole rings is 1. The van der Waals surface area contributed by atoms with Crippen molar-refractivity contribution in [2.45, 2.75) is 6.54 Å². The summed E-state index contributed by atoms with van der Waals surface area (Å²) in [5, 5.41) is 11.0. The number of nitrogen functional groups attached to an aromatic ring is 1. The van der Waals surface area contributed by atoms with Crippen LogP contribution in [0.15, 0.2) is 30.6 Å². The summed E-state index contributed by atoms with van der Waals surface area (Å²) in [5.41, 5.74) is 5.12.